The molecule has 0 radical (unpaired) electrons. The highest BCUT2D eigenvalue weighted by atomic mass is 16.5. The van der Waals surface area contributed by atoms with Crippen LogP contribution in [0.5, 0.6) is 0 Å². The van der Waals surface area contributed by atoms with E-state index in [2.05, 4.69) is 4.74 Å². The van der Waals surface area contributed by atoms with Crippen LogP contribution in [0.3, 0.4) is 0 Å². The van der Waals surface area contributed by atoms with Crippen LogP contribution in [0.25, 0.3) is 0 Å². The topological polar surface area (TPSA) is 70.3 Å². The fourth-order valence-electron chi connectivity index (χ4n) is 0.691. The van der Waals surface area contributed by atoms with Crippen molar-refractivity contribution >= 4 is 5.97 Å². The van der Waals surface area contributed by atoms with Crippen LogP contribution in [0, 0.1) is 17.4 Å². The molecule has 0 fully saturated rings. The molecule has 1 N–H and O–H groups in total. The Morgan fingerprint density at radius 2 is 2.27 bits per heavy atom. The Balaban J connectivity index is 3.92. The first-order chi connectivity index (χ1) is 5.07. The van der Waals surface area contributed by atoms with Crippen LogP contribution >= 0.6 is 0 Å². The zero-order chi connectivity index (χ0) is 8.85. The number of ether oxygens (including phenoxy) is 1. The predicted octanol–water partition coefficient (Wildman–Crippen LogP) is 0.983. The summed E-state index contributed by atoms with van der Waals surface area (Å²) in [5.41, 5.74) is 0. The van der Waals surface area contributed by atoms with Gasteiger partial charge >= 0.3 is 5.97 Å². The number of carbonyl (C=O) groups is 1. The largest absolute Gasteiger partial charge is 0.478 e. The highest BCUT2D eigenvalue weighted by molar-refractivity contribution is 5.72. The van der Waals surface area contributed by atoms with Gasteiger partial charge in [0.15, 0.2) is 0 Å². The third-order valence-corrected chi connectivity index (χ3v) is 1.16. The number of rotatable bonds is 4. The van der Waals surface area contributed by atoms with Gasteiger partial charge in [0, 0.05) is 0 Å². The second kappa shape index (κ2) is 4.56. The maximum atomic E-state index is 10.3. The predicted molar refractivity (Wildman–Crippen MR) is 37.6 cm³/mol. The van der Waals surface area contributed by atoms with E-state index in [1.807, 2.05) is 13.8 Å². The highest BCUT2D eigenvalue weighted by Crippen LogP contribution is 2.07. The first-order valence-electron chi connectivity index (χ1n) is 3.35. The summed E-state index contributed by atoms with van der Waals surface area (Å²) in [4.78, 5) is 10.3. The molecule has 1 unspecified atom stereocenters. The molecule has 0 aliphatic carbocycles. The lowest BCUT2D eigenvalue weighted by molar-refractivity contribution is -0.147. The van der Waals surface area contributed by atoms with Gasteiger partial charge in [-0.15, -0.1) is 0 Å². The SMILES string of the molecule is CC(C)CC(OC#N)C(=O)O. The average Bonchev–Trinajstić information content (AvgIpc) is 1.86. The molecule has 0 aromatic heterocycles. The number of nitrogens with zero attached hydrogens (tertiary/aromatic N) is 1. The Labute approximate surface area is 65.4 Å². The van der Waals surface area contributed by atoms with Gasteiger partial charge < -0.3 is 9.84 Å². The van der Waals surface area contributed by atoms with Crippen molar-refractivity contribution in [1.29, 1.82) is 5.26 Å². The lowest BCUT2D eigenvalue weighted by Gasteiger charge is -2.10. The molecule has 62 valence electrons. The number of hydrogen-bond acceptors (Lipinski definition) is 3. The summed E-state index contributed by atoms with van der Waals surface area (Å²) >= 11 is 0. The van der Waals surface area contributed by atoms with Gasteiger partial charge in [0.1, 0.15) is 0 Å². The Kier molecular flexibility index (Phi) is 4.04. The lowest BCUT2D eigenvalue weighted by atomic mass is 10.1. The van der Waals surface area contributed by atoms with E-state index in [4.69, 9.17) is 10.4 Å². The summed E-state index contributed by atoms with van der Waals surface area (Å²) in [5.74, 6) is -0.871. The van der Waals surface area contributed by atoms with Gasteiger partial charge in [-0.1, -0.05) is 13.8 Å². The Hall–Kier alpha value is -1.24. The van der Waals surface area contributed by atoms with Gasteiger partial charge in [0.25, 0.3) is 6.26 Å². The molecular formula is C7H11NO3. The molecule has 0 aliphatic heterocycles. The van der Waals surface area contributed by atoms with Crippen LogP contribution in [0.2, 0.25) is 0 Å². The minimum absolute atomic E-state index is 0.212. The van der Waals surface area contributed by atoms with Crippen LogP contribution < -0.4 is 0 Å². The van der Waals surface area contributed by atoms with Gasteiger partial charge in [0.05, 0.1) is 0 Å². The van der Waals surface area contributed by atoms with Gasteiger partial charge in [-0.3, -0.25) is 0 Å². The van der Waals surface area contributed by atoms with E-state index in [9.17, 15) is 4.79 Å². The van der Waals surface area contributed by atoms with E-state index in [0.29, 0.717) is 6.42 Å². The van der Waals surface area contributed by atoms with E-state index in [1.165, 1.54) is 6.26 Å². The number of carboxylic acids is 1. The van der Waals surface area contributed by atoms with Crippen LogP contribution in [-0.2, 0) is 9.53 Å². The van der Waals surface area contributed by atoms with E-state index in [1.54, 1.807) is 0 Å². The van der Waals surface area contributed by atoms with Crippen molar-refractivity contribution in [1.82, 2.24) is 0 Å². The van der Waals surface area contributed by atoms with E-state index < -0.39 is 12.1 Å². The van der Waals surface area contributed by atoms with E-state index in [0.717, 1.165) is 0 Å². The maximum Gasteiger partial charge on any atom is 0.346 e. The Morgan fingerprint density at radius 3 is 2.55 bits per heavy atom. The van der Waals surface area contributed by atoms with Crippen molar-refractivity contribution in [2.24, 2.45) is 5.92 Å². The average molecular weight is 157 g/mol. The minimum atomic E-state index is -1.08. The van der Waals surface area contributed by atoms with Gasteiger partial charge in [0.2, 0.25) is 6.10 Å². The Morgan fingerprint density at radius 1 is 1.73 bits per heavy atom. The molecule has 4 heteroatoms. The standard InChI is InChI=1S/C7H11NO3/c1-5(2)3-6(7(9)10)11-4-8/h5-6H,3H2,1-2H3,(H,9,10). The molecule has 0 aromatic rings. The van der Waals surface area contributed by atoms with Crippen molar-refractivity contribution in [2.75, 3.05) is 0 Å². The molecule has 0 saturated carbocycles. The van der Waals surface area contributed by atoms with Gasteiger partial charge in [-0.2, -0.15) is 5.26 Å². The molecule has 11 heavy (non-hydrogen) atoms. The van der Waals surface area contributed by atoms with Crippen LogP contribution in [-0.4, -0.2) is 17.2 Å². The quantitative estimate of drug-likeness (QED) is 0.617. The van der Waals surface area contributed by atoms with E-state index >= 15 is 0 Å². The van der Waals surface area contributed by atoms with Crippen LogP contribution in [0.4, 0.5) is 0 Å². The number of nitriles is 1. The van der Waals surface area contributed by atoms with Gasteiger partial charge in [-0.05, 0) is 12.3 Å². The van der Waals surface area contributed by atoms with Crippen molar-refractivity contribution in [3.63, 3.8) is 0 Å². The second-order valence-electron chi connectivity index (χ2n) is 2.67. The van der Waals surface area contributed by atoms with Crippen LogP contribution in [0.1, 0.15) is 20.3 Å². The Bertz CT molecular complexity index is 171. The highest BCUT2D eigenvalue weighted by Gasteiger charge is 2.19. The molecule has 0 amide bonds. The molecule has 0 aliphatic rings. The first-order valence-corrected chi connectivity index (χ1v) is 3.35. The van der Waals surface area contributed by atoms with Crippen molar-refractivity contribution in [3.05, 3.63) is 0 Å². The molecule has 0 aromatic carbocycles. The summed E-state index contributed by atoms with van der Waals surface area (Å²) < 4.78 is 4.32. The molecule has 0 heterocycles. The smallest absolute Gasteiger partial charge is 0.346 e. The molecule has 4 nitrogen and oxygen atoms in total. The second-order valence-corrected chi connectivity index (χ2v) is 2.67. The molecule has 1 atom stereocenters. The zero-order valence-electron chi connectivity index (χ0n) is 6.57. The van der Waals surface area contributed by atoms with Crippen molar-refractivity contribution in [3.8, 4) is 6.26 Å². The summed E-state index contributed by atoms with van der Waals surface area (Å²) in [6, 6.07) is 0. The summed E-state index contributed by atoms with van der Waals surface area (Å²) in [6.45, 7) is 3.74. The minimum Gasteiger partial charge on any atom is -0.478 e. The van der Waals surface area contributed by atoms with Crippen LogP contribution in [0.15, 0.2) is 0 Å². The van der Waals surface area contributed by atoms with Crippen molar-refractivity contribution in [2.45, 2.75) is 26.4 Å². The molecule has 0 rings (SSSR count). The molecule has 0 saturated heterocycles. The maximum absolute atomic E-state index is 10.3. The van der Waals surface area contributed by atoms with Crippen molar-refractivity contribution < 1.29 is 14.6 Å². The summed E-state index contributed by atoms with van der Waals surface area (Å²) in [7, 11) is 0. The molecule has 0 spiro atoms. The zero-order valence-corrected chi connectivity index (χ0v) is 6.57. The normalized spacial score (nSPS) is 12.2. The van der Waals surface area contributed by atoms with E-state index in [-0.39, 0.29) is 5.92 Å². The third-order valence-electron chi connectivity index (χ3n) is 1.16. The number of carboxylic acid groups (broad SMARTS) is 1. The third kappa shape index (κ3) is 4.20. The number of hydrogen-bond donors (Lipinski definition) is 1. The van der Waals surface area contributed by atoms with Gasteiger partial charge in [-0.25, -0.2) is 4.79 Å². The summed E-state index contributed by atoms with van der Waals surface area (Å²) in [6.07, 6.45) is 0.752. The lowest BCUT2D eigenvalue weighted by Crippen LogP contribution is -2.23. The summed E-state index contributed by atoms with van der Waals surface area (Å²) in [5, 5.41) is 16.5. The fourth-order valence-corrected chi connectivity index (χ4v) is 0.691. The fraction of sp³-hybridized carbons (Fsp3) is 0.714. The monoisotopic (exact) mass is 157 g/mol. The first kappa shape index (κ1) is 9.76. The molecule has 0 bridgehead atoms. The number of aliphatic carboxylic acids is 1. The molecular weight excluding hydrogens is 146 g/mol.